The van der Waals surface area contributed by atoms with Crippen molar-refractivity contribution in [2.75, 3.05) is 36.1 Å². The van der Waals surface area contributed by atoms with Crippen LogP contribution >= 0.6 is 11.6 Å². The van der Waals surface area contributed by atoms with Gasteiger partial charge in [-0.25, -0.2) is 4.98 Å². The van der Waals surface area contributed by atoms with Crippen molar-refractivity contribution in [1.82, 2.24) is 15.3 Å². The first-order valence-corrected chi connectivity index (χ1v) is 9.40. The van der Waals surface area contributed by atoms with Crippen LogP contribution in [0.25, 0.3) is 10.9 Å². The van der Waals surface area contributed by atoms with E-state index in [0.717, 1.165) is 36.2 Å². The van der Waals surface area contributed by atoms with Crippen molar-refractivity contribution in [3.8, 4) is 6.07 Å². The van der Waals surface area contributed by atoms with E-state index in [9.17, 15) is 0 Å². The zero-order chi connectivity index (χ0) is 19.7. The highest BCUT2D eigenvalue weighted by Crippen LogP contribution is 2.31. The summed E-state index contributed by atoms with van der Waals surface area (Å²) >= 11 is 6.19. The average Bonchev–Trinajstić information content (AvgIpc) is 3.15. The molecule has 0 amide bonds. The van der Waals surface area contributed by atoms with E-state index in [1.165, 1.54) is 0 Å². The molecule has 0 aliphatic carbocycles. The van der Waals surface area contributed by atoms with Gasteiger partial charge in [-0.15, -0.1) is 0 Å². The Labute approximate surface area is 168 Å². The number of fused-ring (bicyclic) bond motifs is 1. The Morgan fingerprint density at radius 2 is 2.11 bits per heavy atom. The van der Waals surface area contributed by atoms with E-state index in [1.54, 1.807) is 18.2 Å². The summed E-state index contributed by atoms with van der Waals surface area (Å²) in [5.74, 6) is 1.30. The number of benzene rings is 2. The highest BCUT2D eigenvalue weighted by atomic mass is 35.5. The number of aromatic nitrogens is 2. The van der Waals surface area contributed by atoms with E-state index in [2.05, 4.69) is 26.6 Å². The molecular weight excluding hydrogens is 374 g/mol. The molecule has 1 unspecified atom stereocenters. The molecule has 4 rings (SSSR count). The molecule has 1 aliphatic rings. The predicted octanol–water partition coefficient (Wildman–Crippen LogP) is 3.28. The van der Waals surface area contributed by atoms with E-state index < -0.39 is 0 Å². The van der Waals surface area contributed by atoms with Gasteiger partial charge in [0.05, 0.1) is 17.1 Å². The molecular formula is C20H20ClN7. The van der Waals surface area contributed by atoms with E-state index in [0.29, 0.717) is 34.0 Å². The minimum atomic E-state index is 0.431. The molecule has 2 aromatic carbocycles. The van der Waals surface area contributed by atoms with Crippen molar-refractivity contribution in [2.24, 2.45) is 0 Å². The number of nitrogens with zero attached hydrogens (tertiary/aromatic N) is 4. The Kier molecular flexibility index (Phi) is 4.90. The largest absolute Gasteiger partial charge is 0.399 e. The van der Waals surface area contributed by atoms with Crippen LogP contribution in [-0.4, -0.2) is 36.1 Å². The lowest BCUT2D eigenvalue weighted by atomic mass is 10.2. The van der Waals surface area contributed by atoms with E-state index in [1.807, 2.05) is 25.2 Å². The van der Waals surface area contributed by atoms with Gasteiger partial charge in [0.15, 0.2) is 0 Å². The highest BCUT2D eigenvalue weighted by Gasteiger charge is 2.24. The standard InChI is InChI=1S/C20H20ClN7/c1-24-15-4-5-28(11-15)19-17-3-2-13(21)8-18(17)26-20(27-19)25-16-7-12(10-22)6-14(23)9-16/h2-3,6-9,15,24H,4-5,11,23H2,1H3,(H,25,26,27). The zero-order valence-corrected chi connectivity index (χ0v) is 16.2. The molecule has 1 aliphatic heterocycles. The molecule has 0 saturated carbocycles. The fourth-order valence-corrected chi connectivity index (χ4v) is 3.66. The maximum absolute atomic E-state index is 9.17. The molecule has 1 atom stereocenters. The second-order valence-electron chi connectivity index (χ2n) is 6.83. The van der Waals surface area contributed by atoms with Gasteiger partial charge in [0.2, 0.25) is 5.95 Å². The highest BCUT2D eigenvalue weighted by molar-refractivity contribution is 6.31. The summed E-state index contributed by atoms with van der Waals surface area (Å²) in [4.78, 5) is 11.6. The van der Waals surface area contributed by atoms with Crippen LogP contribution in [0.1, 0.15) is 12.0 Å². The summed E-state index contributed by atoms with van der Waals surface area (Å²) in [6.45, 7) is 1.79. The lowest BCUT2D eigenvalue weighted by molar-refractivity contribution is 0.616. The van der Waals surface area contributed by atoms with E-state index >= 15 is 0 Å². The first-order chi connectivity index (χ1) is 13.6. The molecule has 7 nitrogen and oxygen atoms in total. The van der Waals surface area contributed by atoms with Gasteiger partial charge in [-0.2, -0.15) is 10.2 Å². The molecule has 4 N–H and O–H groups in total. The van der Waals surface area contributed by atoms with Gasteiger partial charge in [-0.1, -0.05) is 11.6 Å². The van der Waals surface area contributed by atoms with Gasteiger partial charge in [0.25, 0.3) is 0 Å². The summed E-state index contributed by atoms with van der Waals surface area (Å²) in [5, 5.41) is 17.3. The molecule has 0 bridgehead atoms. The third-order valence-corrected chi connectivity index (χ3v) is 5.11. The molecule has 142 valence electrons. The number of hydrogen-bond donors (Lipinski definition) is 3. The van der Waals surface area contributed by atoms with Gasteiger partial charge >= 0.3 is 0 Å². The van der Waals surface area contributed by atoms with Gasteiger partial charge in [-0.05, 0) is 49.9 Å². The van der Waals surface area contributed by atoms with Crippen molar-refractivity contribution < 1.29 is 0 Å². The summed E-state index contributed by atoms with van der Waals surface area (Å²) < 4.78 is 0. The lowest BCUT2D eigenvalue weighted by Crippen LogP contribution is -2.30. The SMILES string of the molecule is CNC1CCN(c2nc(Nc3cc(N)cc(C#N)c3)nc3cc(Cl)ccc23)C1. The summed E-state index contributed by atoms with van der Waals surface area (Å²) in [6.07, 6.45) is 1.05. The summed E-state index contributed by atoms with van der Waals surface area (Å²) in [6, 6.07) is 13.3. The van der Waals surface area contributed by atoms with E-state index in [-0.39, 0.29) is 0 Å². The second kappa shape index (κ2) is 7.50. The van der Waals surface area contributed by atoms with Gasteiger partial charge < -0.3 is 21.3 Å². The van der Waals surface area contributed by atoms with Crippen molar-refractivity contribution in [3.63, 3.8) is 0 Å². The third-order valence-electron chi connectivity index (χ3n) is 4.88. The van der Waals surface area contributed by atoms with Crippen molar-refractivity contribution in [3.05, 3.63) is 47.0 Å². The molecule has 3 aromatic rings. The number of halogens is 1. The maximum Gasteiger partial charge on any atom is 0.229 e. The molecule has 2 heterocycles. The molecule has 0 spiro atoms. The molecule has 1 fully saturated rings. The van der Waals surface area contributed by atoms with Crippen molar-refractivity contribution in [1.29, 1.82) is 5.26 Å². The van der Waals surface area contributed by atoms with Gasteiger partial charge in [0.1, 0.15) is 5.82 Å². The van der Waals surface area contributed by atoms with Crippen LogP contribution in [-0.2, 0) is 0 Å². The quantitative estimate of drug-likeness (QED) is 0.584. The molecule has 8 heteroatoms. The van der Waals surface area contributed by atoms with Crippen molar-refractivity contribution in [2.45, 2.75) is 12.5 Å². The topological polar surface area (TPSA) is 103 Å². The summed E-state index contributed by atoms with van der Waals surface area (Å²) in [5.41, 5.74) is 8.30. The number of nitrogens with two attached hydrogens (primary N) is 1. The maximum atomic E-state index is 9.17. The van der Waals surface area contributed by atoms with Crippen LogP contribution in [0.2, 0.25) is 5.02 Å². The van der Waals surface area contributed by atoms with Crippen LogP contribution in [0.3, 0.4) is 0 Å². The number of nitriles is 1. The Bertz CT molecular complexity index is 1080. The Morgan fingerprint density at radius 3 is 2.86 bits per heavy atom. The normalized spacial score (nSPS) is 16.3. The number of anilines is 4. The van der Waals surface area contributed by atoms with Crippen molar-refractivity contribution >= 4 is 45.6 Å². The average molecular weight is 394 g/mol. The molecule has 1 saturated heterocycles. The van der Waals surface area contributed by atoms with E-state index in [4.69, 9.17) is 27.6 Å². The molecule has 1 aromatic heterocycles. The first kappa shape index (κ1) is 18.3. The first-order valence-electron chi connectivity index (χ1n) is 9.03. The summed E-state index contributed by atoms with van der Waals surface area (Å²) in [7, 11) is 1.98. The minimum Gasteiger partial charge on any atom is -0.399 e. The predicted molar refractivity (Wildman–Crippen MR) is 113 cm³/mol. The number of rotatable bonds is 4. The number of nitrogen functional groups attached to an aromatic ring is 1. The van der Waals surface area contributed by atoms with Crippen LogP contribution in [0, 0.1) is 11.3 Å². The number of likely N-dealkylation sites (N-methyl/N-ethyl adjacent to an activating group) is 1. The monoisotopic (exact) mass is 393 g/mol. The van der Waals surface area contributed by atoms with Crippen LogP contribution in [0.5, 0.6) is 0 Å². The Balaban J connectivity index is 1.77. The Hall–Kier alpha value is -3.08. The van der Waals surface area contributed by atoms with Gasteiger partial charge in [0, 0.05) is 40.9 Å². The fraction of sp³-hybridized carbons (Fsp3) is 0.250. The zero-order valence-electron chi connectivity index (χ0n) is 15.4. The number of nitrogens with one attached hydrogen (secondary N) is 2. The third kappa shape index (κ3) is 3.65. The van der Waals surface area contributed by atoms with Crippen LogP contribution < -0.4 is 21.3 Å². The van der Waals surface area contributed by atoms with Gasteiger partial charge in [-0.3, -0.25) is 0 Å². The minimum absolute atomic E-state index is 0.431. The lowest BCUT2D eigenvalue weighted by Gasteiger charge is -2.20. The second-order valence-corrected chi connectivity index (χ2v) is 7.27. The molecule has 0 radical (unpaired) electrons. The Morgan fingerprint density at radius 1 is 1.25 bits per heavy atom. The van der Waals surface area contributed by atoms with Crippen LogP contribution in [0.4, 0.5) is 23.1 Å². The van der Waals surface area contributed by atoms with Crippen LogP contribution in [0.15, 0.2) is 36.4 Å². The smallest absolute Gasteiger partial charge is 0.229 e. The molecule has 28 heavy (non-hydrogen) atoms. The number of hydrogen-bond acceptors (Lipinski definition) is 7. The fourth-order valence-electron chi connectivity index (χ4n) is 3.49.